The Kier molecular flexibility index (Phi) is 6.42. The molecule has 0 fully saturated rings. The van der Waals surface area contributed by atoms with E-state index in [0.29, 0.717) is 39.5 Å². The number of aldehydes is 1. The topological polar surface area (TPSA) is 65.4 Å². The van der Waals surface area contributed by atoms with Crippen LogP contribution >= 0.6 is 11.6 Å². The molecular formula is C23H18ClNO4. The summed E-state index contributed by atoms with van der Waals surface area (Å²) in [6.07, 6.45) is 6.18. The van der Waals surface area contributed by atoms with Gasteiger partial charge in [-0.25, -0.2) is 4.79 Å². The minimum Gasteiger partial charge on any atom is -0.465 e. The molecule has 3 rings (SSSR count). The highest BCUT2D eigenvalue weighted by atomic mass is 35.5. The highest BCUT2D eigenvalue weighted by Gasteiger charge is 2.13. The Morgan fingerprint density at radius 2 is 1.86 bits per heavy atom. The Bertz CT molecular complexity index is 1080. The van der Waals surface area contributed by atoms with E-state index < -0.39 is 5.97 Å². The van der Waals surface area contributed by atoms with Crippen molar-refractivity contribution >= 4 is 35.7 Å². The molecule has 3 aromatic rings. The molecule has 0 saturated heterocycles. The lowest BCUT2D eigenvalue weighted by molar-refractivity contribution is 0.0600. The summed E-state index contributed by atoms with van der Waals surface area (Å²) < 4.78 is 6.60. The number of benzene rings is 2. The molecule has 5 nitrogen and oxygen atoms in total. The predicted octanol–water partition coefficient (Wildman–Crippen LogP) is 4.69. The number of carbonyl (C=O) groups excluding carboxylic acids is 3. The van der Waals surface area contributed by atoms with Crippen molar-refractivity contribution in [2.24, 2.45) is 0 Å². The number of nitrogens with zero attached hydrogens (tertiary/aromatic N) is 1. The lowest BCUT2D eigenvalue weighted by atomic mass is 10.1. The van der Waals surface area contributed by atoms with Crippen LogP contribution in [0, 0.1) is 0 Å². The standard InChI is InChI=1S/C23H18ClNO4/c1-29-23(28)20-14-19(24)11-10-17(20)4-2-12-25-13-3-5-21(25)22(27)18-8-6-16(15-26)7-9-18/h2-11,13-15H,12H2,1H3/b4-2+. The molecule has 0 atom stereocenters. The number of methoxy groups -OCH3 is 1. The molecule has 1 aromatic heterocycles. The third kappa shape index (κ3) is 4.70. The SMILES string of the molecule is COC(=O)c1cc(Cl)ccc1/C=C/Cn1cccc1C(=O)c1ccc(C=O)cc1. The van der Waals surface area contributed by atoms with Crippen molar-refractivity contribution in [2.75, 3.05) is 7.11 Å². The fourth-order valence-corrected chi connectivity index (χ4v) is 3.07. The number of rotatable bonds is 7. The Balaban J connectivity index is 1.79. The highest BCUT2D eigenvalue weighted by molar-refractivity contribution is 6.31. The molecule has 0 aliphatic carbocycles. The van der Waals surface area contributed by atoms with E-state index in [1.54, 1.807) is 71.4 Å². The van der Waals surface area contributed by atoms with Gasteiger partial charge in [0.2, 0.25) is 5.78 Å². The van der Waals surface area contributed by atoms with Crippen LogP contribution in [0.25, 0.3) is 6.08 Å². The van der Waals surface area contributed by atoms with Gasteiger partial charge < -0.3 is 9.30 Å². The number of esters is 1. The van der Waals surface area contributed by atoms with Crippen LogP contribution in [0.5, 0.6) is 0 Å². The van der Waals surface area contributed by atoms with E-state index in [0.717, 1.165) is 6.29 Å². The zero-order valence-electron chi connectivity index (χ0n) is 15.7. The van der Waals surface area contributed by atoms with Gasteiger partial charge in [0.1, 0.15) is 6.29 Å². The first kappa shape index (κ1) is 20.3. The van der Waals surface area contributed by atoms with E-state index in [9.17, 15) is 14.4 Å². The molecule has 0 bridgehead atoms. The second-order valence-corrected chi connectivity index (χ2v) is 6.68. The van der Waals surface area contributed by atoms with Gasteiger partial charge in [0.15, 0.2) is 0 Å². The van der Waals surface area contributed by atoms with Gasteiger partial charge in [-0.1, -0.05) is 54.1 Å². The fraction of sp³-hybridized carbons (Fsp3) is 0.0870. The number of hydrogen-bond donors (Lipinski definition) is 0. The lowest BCUT2D eigenvalue weighted by Gasteiger charge is -2.07. The van der Waals surface area contributed by atoms with E-state index >= 15 is 0 Å². The molecule has 1 heterocycles. The average molecular weight is 408 g/mol. The monoisotopic (exact) mass is 407 g/mol. The predicted molar refractivity (Wildman–Crippen MR) is 112 cm³/mol. The van der Waals surface area contributed by atoms with Crippen LogP contribution in [0.4, 0.5) is 0 Å². The molecular weight excluding hydrogens is 390 g/mol. The van der Waals surface area contributed by atoms with Crippen LogP contribution in [0.15, 0.2) is 66.9 Å². The van der Waals surface area contributed by atoms with E-state index in [4.69, 9.17) is 16.3 Å². The maximum atomic E-state index is 12.8. The van der Waals surface area contributed by atoms with Gasteiger partial charge in [0, 0.05) is 28.9 Å². The highest BCUT2D eigenvalue weighted by Crippen LogP contribution is 2.19. The maximum Gasteiger partial charge on any atom is 0.338 e. The second-order valence-electron chi connectivity index (χ2n) is 6.24. The van der Waals surface area contributed by atoms with E-state index in [1.807, 2.05) is 6.08 Å². The second kappa shape index (κ2) is 9.17. The van der Waals surface area contributed by atoms with Gasteiger partial charge in [-0.15, -0.1) is 0 Å². The molecule has 29 heavy (non-hydrogen) atoms. The van der Waals surface area contributed by atoms with Crippen LogP contribution in [0.1, 0.15) is 42.3 Å². The van der Waals surface area contributed by atoms with Crippen LogP contribution in [-0.4, -0.2) is 29.7 Å². The fourth-order valence-electron chi connectivity index (χ4n) is 2.89. The van der Waals surface area contributed by atoms with Crippen molar-refractivity contribution in [1.29, 1.82) is 0 Å². The molecule has 0 aliphatic rings. The van der Waals surface area contributed by atoms with Crippen LogP contribution in [0.3, 0.4) is 0 Å². The first-order chi connectivity index (χ1) is 14.0. The van der Waals surface area contributed by atoms with Gasteiger partial charge in [-0.3, -0.25) is 9.59 Å². The first-order valence-electron chi connectivity index (χ1n) is 8.83. The van der Waals surface area contributed by atoms with E-state index in [1.165, 1.54) is 7.11 Å². The normalized spacial score (nSPS) is 10.8. The summed E-state index contributed by atoms with van der Waals surface area (Å²) in [5, 5.41) is 0.446. The van der Waals surface area contributed by atoms with Crippen LogP contribution in [0.2, 0.25) is 5.02 Å². The van der Waals surface area contributed by atoms with Gasteiger partial charge >= 0.3 is 5.97 Å². The summed E-state index contributed by atoms with van der Waals surface area (Å²) in [5.41, 5.74) is 2.59. The first-order valence-corrected chi connectivity index (χ1v) is 9.20. The number of carbonyl (C=O) groups is 3. The minimum absolute atomic E-state index is 0.136. The number of aromatic nitrogens is 1. The quantitative estimate of drug-likeness (QED) is 0.324. The Labute approximate surface area is 173 Å². The van der Waals surface area contributed by atoms with Gasteiger partial charge in [-0.2, -0.15) is 0 Å². The zero-order valence-corrected chi connectivity index (χ0v) is 16.4. The number of ether oxygens (including phenoxy) is 1. The van der Waals surface area contributed by atoms with Crippen LogP contribution in [-0.2, 0) is 11.3 Å². The van der Waals surface area contributed by atoms with Crippen molar-refractivity contribution in [3.8, 4) is 0 Å². The average Bonchev–Trinajstić information content (AvgIpc) is 3.22. The number of hydrogen-bond acceptors (Lipinski definition) is 4. The van der Waals surface area contributed by atoms with Crippen molar-refractivity contribution < 1.29 is 19.1 Å². The molecule has 0 amide bonds. The largest absolute Gasteiger partial charge is 0.465 e. The summed E-state index contributed by atoms with van der Waals surface area (Å²) in [5.74, 6) is -0.606. The third-order valence-corrected chi connectivity index (χ3v) is 4.63. The number of allylic oxidation sites excluding steroid dienone is 1. The molecule has 2 aromatic carbocycles. The summed E-state index contributed by atoms with van der Waals surface area (Å²) in [6.45, 7) is 0.434. The molecule has 0 saturated carbocycles. The van der Waals surface area contributed by atoms with Gasteiger partial charge in [0.05, 0.1) is 18.4 Å². The van der Waals surface area contributed by atoms with E-state index in [-0.39, 0.29) is 5.78 Å². The molecule has 0 radical (unpaired) electrons. The molecule has 0 spiro atoms. The minimum atomic E-state index is -0.470. The van der Waals surface area contributed by atoms with Crippen molar-refractivity contribution in [3.63, 3.8) is 0 Å². The zero-order chi connectivity index (χ0) is 20.8. The summed E-state index contributed by atoms with van der Waals surface area (Å²) in [4.78, 5) is 35.5. The Morgan fingerprint density at radius 3 is 2.55 bits per heavy atom. The van der Waals surface area contributed by atoms with Crippen molar-refractivity contribution in [1.82, 2.24) is 4.57 Å². The van der Waals surface area contributed by atoms with Crippen molar-refractivity contribution in [3.05, 3.63) is 99.8 Å². The Hall–Kier alpha value is -3.44. The molecule has 0 unspecified atom stereocenters. The van der Waals surface area contributed by atoms with E-state index in [2.05, 4.69) is 0 Å². The summed E-state index contributed by atoms with van der Waals surface area (Å²) in [6, 6.07) is 15.0. The third-order valence-electron chi connectivity index (χ3n) is 4.39. The molecule has 146 valence electrons. The summed E-state index contributed by atoms with van der Waals surface area (Å²) >= 11 is 5.97. The maximum absolute atomic E-state index is 12.8. The molecule has 0 aliphatic heterocycles. The lowest BCUT2D eigenvalue weighted by Crippen LogP contribution is -2.09. The summed E-state index contributed by atoms with van der Waals surface area (Å²) in [7, 11) is 1.32. The smallest absolute Gasteiger partial charge is 0.338 e. The molecule has 0 N–H and O–H groups in total. The van der Waals surface area contributed by atoms with Gasteiger partial charge in [-0.05, 0) is 29.8 Å². The van der Waals surface area contributed by atoms with Crippen molar-refractivity contribution in [2.45, 2.75) is 6.54 Å². The van der Waals surface area contributed by atoms with Crippen LogP contribution < -0.4 is 0 Å². The number of halogens is 1. The van der Waals surface area contributed by atoms with Gasteiger partial charge in [0.25, 0.3) is 0 Å². The number of ketones is 1. The Morgan fingerprint density at radius 1 is 1.10 bits per heavy atom. The molecule has 6 heteroatoms.